The van der Waals surface area contributed by atoms with Crippen LogP contribution < -0.4 is 5.32 Å². The van der Waals surface area contributed by atoms with E-state index in [2.05, 4.69) is 19.9 Å². The highest BCUT2D eigenvalue weighted by Gasteiger charge is 2.16. The molecule has 0 bridgehead atoms. The fourth-order valence-electron chi connectivity index (χ4n) is 1.43. The molecule has 0 saturated carbocycles. The summed E-state index contributed by atoms with van der Waals surface area (Å²) in [7, 11) is 0. The largest absolute Gasteiger partial charge is 0.319 e. The highest BCUT2D eigenvalue weighted by Crippen LogP contribution is 2.21. The molecule has 0 radical (unpaired) electrons. The first kappa shape index (κ1) is 12.9. The number of aryl methyl sites for hydroxylation is 2. The molecule has 18 heavy (non-hydrogen) atoms. The number of carbonyl (C=O) groups is 1. The molecule has 1 amide bonds. The second-order valence-corrected chi connectivity index (χ2v) is 4.82. The fraction of sp³-hybridized carbons (Fsp3) is 0.273. The lowest BCUT2D eigenvalue weighted by Gasteiger charge is -2.06. The number of rotatable bonds is 3. The molecule has 0 saturated heterocycles. The molecule has 0 aromatic carbocycles. The third-order valence-electron chi connectivity index (χ3n) is 2.32. The van der Waals surface area contributed by atoms with E-state index in [4.69, 9.17) is 11.6 Å². The molecule has 7 heteroatoms. The molecule has 0 unspecified atom stereocenters. The van der Waals surface area contributed by atoms with Crippen LogP contribution in [-0.2, 0) is 6.42 Å². The second kappa shape index (κ2) is 5.41. The molecule has 0 aliphatic heterocycles. The van der Waals surface area contributed by atoms with Gasteiger partial charge in [-0.2, -0.15) is 0 Å². The van der Waals surface area contributed by atoms with Gasteiger partial charge in [0.05, 0.1) is 11.4 Å². The lowest BCUT2D eigenvalue weighted by molar-refractivity contribution is 0.102. The highest BCUT2D eigenvalue weighted by molar-refractivity contribution is 7.08. The molecule has 2 heterocycles. The van der Waals surface area contributed by atoms with E-state index in [1.807, 2.05) is 13.8 Å². The highest BCUT2D eigenvalue weighted by atomic mass is 35.5. The normalized spacial score (nSPS) is 10.4. The second-order valence-electron chi connectivity index (χ2n) is 3.71. The topological polar surface area (TPSA) is 67.8 Å². The smallest absolute Gasteiger partial charge is 0.269 e. The third kappa shape index (κ3) is 2.65. The number of hydrogen-bond acceptors (Lipinski definition) is 5. The molecule has 0 atom stereocenters. The maximum absolute atomic E-state index is 12.1. The Morgan fingerprint density at radius 3 is 3.06 bits per heavy atom. The first-order valence-electron chi connectivity index (χ1n) is 5.36. The summed E-state index contributed by atoms with van der Waals surface area (Å²) in [6, 6.07) is 1.77. The summed E-state index contributed by atoms with van der Waals surface area (Å²) in [6.07, 6.45) is 2.31. The summed E-state index contributed by atoms with van der Waals surface area (Å²) in [5, 5.41) is 6.89. The molecule has 0 spiro atoms. The Balaban J connectivity index is 2.24. The van der Waals surface area contributed by atoms with E-state index in [0.29, 0.717) is 22.7 Å². The van der Waals surface area contributed by atoms with Crippen molar-refractivity contribution in [2.45, 2.75) is 20.3 Å². The van der Waals surface area contributed by atoms with Gasteiger partial charge < -0.3 is 5.32 Å². The van der Waals surface area contributed by atoms with Crippen LogP contribution >= 0.6 is 23.1 Å². The van der Waals surface area contributed by atoms with Crippen LogP contribution in [0.15, 0.2) is 12.3 Å². The zero-order valence-electron chi connectivity index (χ0n) is 9.90. The predicted octanol–water partition coefficient (Wildman–Crippen LogP) is 2.71. The summed E-state index contributed by atoms with van der Waals surface area (Å²) >= 11 is 7.00. The standard InChI is InChI=1S/C11H11ClN4OS/c1-3-7-9(18-16-15-7)11(17)14-8-4-6(2)5-13-10(8)12/h4-5H,3H2,1-2H3,(H,14,17). The van der Waals surface area contributed by atoms with Gasteiger partial charge in [-0.25, -0.2) is 4.98 Å². The van der Waals surface area contributed by atoms with Crippen molar-refractivity contribution in [1.82, 2.24) is 14.6 Å². The van der Waals surface area contributed by atoms with Crippen molar-refractivity contribution in [3.8, 4) is 0 Å². The summed E-state index contributed by atoms with van der Waals surface area (Å²) in [6.45, 7) is 3.80. The van der Waals surface area contributed by atoms with Gasteiger partial charge in [0.25, 0.3) is 5.91 Å². The first-order chi connectivity index (χ1) is 8.61. The molecule has 5 nitrogen and oxygen atoms in total. The van der Waals surface area contributed by atoms with Gasteiger partial charge in [0.15, 0.2) is 5.15 Å². The van der Waals surface area contributed by atoms with Crippen molar-refractivity contribution in [2.24, 2.45) is 0 Å². The number of pyridine rings is 1. The molecule has 1 N–H and O–H groups in total. The van der Waals surface area contributed by atoms with Gasteiger partial charge in [0.2, 0.25) is 0 Å². The summed E-state index contributed by atoms with van der Waals surface area (Å²) in [5.74, 6) is -0.254. The summed E-state index contributed by atoms with van der Waals surface area (Å²) < 4.78 is 3.78. The fourth-order valence-corrected chi connectivity index (χ4v) is 2.23. The monoisotopic (exact) mass is 282 g/mol. The Morgan fingerprint density at radius 2 is 2.33 bits per heavy atom. The van der Waals surface area contributed by atoms with Crippen LogP contribution in [0.2, 0.25) is 5.15 Å². The van der Waals surface area contributed by atoms with Crippen LogP contribution in [-0.4, -0.2) is 20.5 Å². The maximum Gasteiger partial charge on any atom is 0.269 e. The average Bonchev–Trinajstić information content (AvgIpc) is 2.82. The number of nitrogens with one attached hydrogen (secondary N) is 1. The van der Waals surface area contributed by atoms with E-state index >= 15 is 0 Å². The molecule has 0 fully saturated rings. The lowest BCUT2D eigenvalue weighted by atomic mass is 10.2. The van der Waals surface area contributed by atoms with Crippen LogP contribution in [0.1, 0.15) is 27.9 Å². The van der Waals surface area contributed by atoms with E-state index in [1.54, 1.807) is 12.3 Å². The first-order valence-corrected chi connectivity index (χ1v) is 6.51. The van der Waals surface area contributed by atoms with E-state index in [0.717, 1.165) is 17.1 Å². The van der Waals surface area contributed by atoms with Gasteiger partial charge in [0, 0.05) is 6.20 Å². The SMILES string of the molecule is CCc1nnsc1C(=O)Nc1cc(C)cnc1Cl. The molecule has 2 rings (SSSR count). The van der Waals surface area contributed by atoms with Crippen LogP contribution in [0, 0.1) is 6.92 Å². The van der Waals surface area contributed by atoms with Crippen LogP contribution in [0.4, 0.5) is 5.69 Å². The summed E-state index contributed by atoms with van der Waals surface area (Å²) in [4.78, 5) is 16.5. The quantitative estimate of drug-likeness (QED) is 0.879. The Hall–Kier alpha value is -1.53. The van der Waals surface area contributed by atoms with Gasteiger partial charge in [-0.15, -0.1) is 5.10 Å². The van der Waals surface area contributed by atoms with Gasteiger partial charge in [-0.05, 0) is 36.5 Å². The molecule has 0 aliphatic rings. The van der Waals surface area contributed by atoms with Crippen molar-refractivity contribution >= 4 is 34.7 Å². The number of halogens is 1. The Morgan fingerprint density at radius 1 is 1.56 bits per heavy atom. The van der Waals surface area contributed by atoms with Gasteiger partial charge >= 0.3 is 0 Å². The molecular weight excluding hydrogens is 272 g/mol. The van der Waals surface area contributed by atoms with E-state index in [1.165, 1.54) is 0 Å². The maximum atomic E-state index is 12.1. The molecule has 94 valence electrons. The zero-order chi connectivity index (χ0) is 13.1. The van der Waals surface area contributed by atoms with Gasteiger partial charge in [-0.1, -0.05) is 23.0 Å². The Labute approximate surface area is 113 Å². The number of hydrogen-bond donors (Lipinski definition) is 1. The Bertz CT molecular complexity index is 584. The molecule has 0 aliphatic carbocycles. The predicted molar refractivity (Wildman–Crippen MR) is 71.2 cm³/mol. The minimum absolute atomic E-state index is 0.254. The van der Waals surface area contributed by atoms with E-state index in [-0.39, 0.29) is 11.1 Å². The number of aromatic nitrogens is 3. The van der Waals surface area contributed by atoms with Crippen LogP contribution in [0.5, 0.6) is 0 Å². The van der Waals surface area contributed by atoms with Crippen LogP contribution in [0.25, 0.3) is 0 Å². The van der Waals surface area contributed by atoms with Crippen LogP contribution in [0.3, 0.4) is 0 Å². The third-order valence-corrected chi connectivity index (χ3v) is 3.39. The minimum Gasteiger partial charge on any atom is -0.319 e. The van der Waals surface area contributed by atoms with Gasteiger partial charge in [0.1, 0.15) is 4.88 Å². The van der Waals surface area contributed by atoms with Crippen molar-refractivity contribution < 1.29 is 4.79 Å². The number of anilines is 1. The van der Waals surface area contributed by atoms with E-state index in [9.17, 15) is 4.79 Å². The zero-order valence-corrected chi connectivity index (χ0v) is 11.5. The van der Waals surface area contributed by atoms with E-state index < -0.39 is 0 Å². The van der Waals surface area contributed by atoms with Crippen molar-refractivity contribution in [3.63, 3.8) is 0 Å². The summed E-state index contributed by atoms with van der Waals surface area (Å²) in [5.41, 5.74) is 2.11. The molecule has 2 aromatic rings. The number of carbonyl (C=O) groups excluding carboxylic acids is 1. The molecule has 2 aromatic heterocycles. The lowest BCUT2D eigenvalue weighted by Crippen LogP contribution is -2.13. The van der Waals surface area contributed by atoms with Crippen molar-refractivity contribution in [3.05, 3.63) is 33.6 Å². The Kier molecular flexibility index (Phi) is 3.88. The average molecular weight is 283 g/mol. The molecular formula is C11H11ClN4OS. The number of nitrogens with zero attached hydrogens (tertiary/aromatic N) is 3. The van der Waals surface area contributed by atoms with Crippen molar-refractivity contribution in [2.75, 3.05) is 5.32 Å². The minimum atomic E-state index is -0.254. The number of amides is 1. The van der Waals surface area contributed by atoms with Crippen molar-refractivity contribution in [1.29, 1.82) is 0 Å². The van der Waals surface area contributed by atoms with Gasteiger partial charge in [-0.3, -0.25) is 4.79 Å².